The smallest absolute Gasteiger partial charge is 0.163 e. The van der Waals surface area contributed by atoms with Crippen molar-refractivity contribution in [3.8, 4) is 0 Å². The standard InChI is InChI=1S/C12H11N3O/c1-9-4-2-6-15-11(13-14-12(9)15)8-10-5-3-7-16-10/h2-7H,8H2,1H3. The lowest BCUT2D eigenvalue weighted by molar-refractivity contribution is 0.516. The van der Waals surface area contributed by atoms with E-state index in [0.29, 0.717) is 6.42 Å². The molecule has 0 bridgehead atoms. The van der Waals surface area contributed by atoms with Crippen LogP contribution in [0.25, 0.3) is 5.65 Å². The Kier molecular flexibility index (Phi) is 1.99. The van der Waals surface area contributed by atoms with Gasteiger partial charge in [-0.05, 0) is 30.7 Å². The summed E-state index contributed by atoms with van der Waals surface area (Å²) >= 11 is 0. The molecule has 0 radical (unpaired) electrons. The summed E-state index contributed by atoms with van der Waals surface area (Å²) in [6.45, 7) is 2.03. The molecule has 16 heavy (non-hydrogen) atoms. The van der Waals surface area contributed by atoms with Crippen LogP contribution < -0.4 is 0 Å². The first-order chi connectivity index (χ1) is 7.84. The first-order valence-electron chi connectivity index (χ1n) is 5.16. The van der Waals surface area contributed by atoms with Crippen LogP contribution in [0.1, 0.15) is 17.1 Å². The third-order valence-electron chi connectivity index (χ3n) is 2.61. The van der Waals surface area contributed by atoms with E-state index in [0.717, 1.165) is 22.8 Å². The predicted octanol–water partition coefficient (Wildman–Crippen LogP) is 2.22. The monoisotopic (exact) mass is 213 g/mol. The van der Waals surface area contributed by atoms with Crippen LogP contribution >= 0.6 is 0 Å². The van der Waals surface area contributed by atoms with E-state index < -0.39 is 0 Å². The first kappa shape index (κ1) is 9.15. The molecule has 0 aromatic carbocycles. The highest BCUT2D eigenvalue weighted by atomic mass is 16.3. The molecule has 4 heteroatoms. The maximum absolute atomic E-state index is 5.30. The van der Waals surface area contributed by atoms with Gasteiger partial charge >= 0.3 is 0 Å². The molecule has 3 aromatic rings. The molecule has 3 aromatic heterocycles. The molecule has 3 rings (SSSR count). The van der Waals surface area contributed by atoms with E-state index in [4.69, 9.17) is 4.42 Å². The second-order valence-electron chi connectivity index (χ2n) is 3.76. The van der Waals surface area contributed by atoms with Gasteiger partial charge < -0.3 is 4.42 Å². The number of fused-ring (bicyclic) bond motifs is 1. The van der Waals surface area contributed by atoms with Crippen molar-refractivity contribution in [1.82, 2.24) is 14.6 Å². The van der Waals surface area contributed by atoms with E-state index in [1.807, 2.05) is 41.8 Å². The zero-order chi connectivity index (χ0) is 11.0. The maximum Gasteiger partial charge on any atom is 0.163 e. The molecule has 0 amide bonds. The van der Waals surface area contributed by atoms with Gasteiger partial charge in [0, 0.05) is 6.20 Å². The molecule has 3 heterocycles. The van der Waals surface area contributed by atoms with Gasteiger partial charge in [0.1, 0.15) is 11.6 Å². The normalized spacial score (nSPS) is 11.1. The van der Waals surface area contributed by atoms with Gasteiger partial charge in [-0.15, -0.1) is 10.2 Å². The minimum absolute atomic E-state index is 0.664. The summed E-state index contributed by atoms with van der Waals surface area (Å²) in [5.41, 5.74) is 2.03. The average Bonchev–Trinajstić information content (AvgIpc) is 2.90. The molecule has 0 saturated carbocycles. The van der Waals surface area contributed by atoms with Crippen molar-refractivity contribution in [1.29, 1.82) is 0 Å². The SMILES string of the molecule is Cc1cccn2c(Cc3ccco3)nnc12. The summed E-state index contributed by atoms with van der Waals surface area (Å²) in [5.74, 6) is 1.80. The van der Waals surface area contributed by atoms with Gasteiger partial charge in [0.05, 0.1) is 12.7 Å². The Bertz CT molecular complexity index is 610. The lowest BCUT2D eigenvalue weighted by Crippen LogP contribution is -1.95. The van der Waals surface area contributed by atoms with E-state index in [9.17, 15) is 0 Å². The van der Waals surface area contributed by atoms with Gasteiger partial charge in [-0.2, -0.15) is 0 Å². The third-order valence-corrected chi connectivity index (χ3v) is 2.61. The minimum Gasteiger partial charge on any atom is -0.469 e. The largest absolute Gasteiger partial charge is 0.469 e. The highest BCUT2D eigenvalue weighted by Crippen LogP contribution is 2.12. The number of nitrogens with zero attached hydrogens (tertiary/aromatic N) is 3. The van der Waals surface area contributed by atoms with Crippen LogP contribution in [0.4, 0.5) is 0 Å². The van der Waals surface area contributed by atoms with Crippen molar-refractivity contribution in [2.75, 3.05) is 0 Å². The molecule has 0 N–H and O–H groups in total. The van der Waals surface area contributed by atoms with Crippen molar-refractivity contribution >= 4 is 5.65 Å². The Labute approximate surface area is 92.5 Å². The number of hydrogen-bond acceptors (Lipinski definition) is 3. The Balaban J connectivity index is 2.08. The zero-order valence-electron chi connectivity index (χ0n) is 8.92. The molecule has 4 nitrogen and oxygen atoms in total. The number of furan rings is 1. The van der Waals surface area contributed by atoms with Gasteiger partial charge in [-0.1, -0.05) is 6.07 Å². The van der Waals surface area contributed by atoms with Crippen molar-refractivity contribution in [3.05, 3.63) is 53.9 Å². The van der Waals surface area contributed by atoms with Gasteiger partial charge in [-0.3, -0.25) is 4.40 Å². The van der Waals surface area contributed by atoms with Crippen LogP contribution in [0.15, 0.2) is 41.1 Å². The summed E-state index contributed by atoms with van der Waals surface area (Å²) in [7, 11) is 0. The lowest BCUT2D eigenvalue weighted by Gasteiger charge is -1.98. The number of hydrogen-bond donors (Lipinski definition) is 0. The highest BCUT2D eigenvalue weighted by molar-refractivity contribution is 5.46. The Morgan fingerprint density at radius 2 is 2.19 bits per heavy atom. The van der Waals surface area contributed by atoms with E-state index in [-0.39, 0.29) is 0 Å². The van der Waals surface area contributed by atoms with Gasteiger partial charge in [0.2, 0.25) is 0 Å². The van der Waals surface area contributed by atoms with Crippen LogP contribution in [0.2, 0.25) is 0 Å². The number of rotatable bonds is 2. The van der Waals surface area contributed by atoms with E-state index in [1.165, 1.54) is 0 Å². The maximum atomic E-state index is 5.30. The quantitative estimate of drug-likeness (QED) is 0.655. The Morgan fingerprint density at radius 3 is 3.00 bits per heavy atom. The summed E-state index contributed by atoms with van der Waals surface area (Å²) < 4.78 is 7.30. The third kappa shape index (κ3) is 1.39. The summed E-state index contributed by atoms with van der Waals surface area (Å²) in [6.07, 6.45) is 4.31. The summed E-state index contributed by atoms with van der Waals surface area (Å²) in [5, 5.41) is 8.35. The molecule has 0 atom stereocenters. The molecule has 0 saturated heterocycles. The van der Waals surface area contributed by atoms with Crippen LogP contribution in [0.5, 0.6) is 0 Å². The van der Waals surface area contributed by atoms with E-state index in [1.54, 1.807) is 6.26 Å². The van der Waals surface area contributed by atoms with Crippen LogP contribution in [0, 0.1) is 6.92 Å². The number of aromatic nitrogens is 3. The topological polar surface area (TPSA) is 43.3 Å². The second-order valence-corrected chi connectivity index (χ2v) is 3.76. The number of aryl methyl sites for hydroxylation is 1. The Morgan fingerprint density at radius 1 is 1.25 bits per heavy atom. The Hall–Kier alpha value is -2.10. The second kappa shape index (κ2) is 3.48. The predicted molar refractivity (Wildman–Crippen MR) is 59.2 cm³/mol. The fraction of sp³-hybridized carbons (Fsp3) is 0.167. The molecular weight excluding hydrogens is 202 g/mol. The molecular formula is C12H11N3O. The van der Waals surface area contributed by atoms with E-state index in [2.05, 4.69) is 10.2 Å². The van der Waals surface area contributed by atoms with Crippen molar-refractivity contribution in [2.45, 2.75) is 13.3 Å². The molecule has 80 valence electrons. The fourth-order valence-electron chi connectivity index (χ4n) is 1.79. The average molecular weight is 213 g/mol. The minimum atomic E-state index is 0.664. The van der Waals surface area contributed by atoms with Gasteiger partial charge in [-0.25, -0.2) is 0 Å². The summed E-state index contributed by atoms with van der Waals surface area (Å²) in [6, 6.07) is 7.85. The highest BCUT2D eigenvalue weighted by Gasteiger charge is 2.08. The lowest BCUT2D eigenvalue weighted by atomic mass is 10.3. The van der Waals surface area contributed by atoms with Crippen molar-refractivity contribution in [3.63, 3.8) is 0 Å². The molecule has 0 aliphatic heterocycles. The van der Waals surface area contributed by atoms with Crippen LogP contribution in [-0.2, 0) is 6.42 Å². The molecule has 0 aliphatic carbocycles. The van der Waals surface area contributed by atoms with Crippen LogP contribution in [-0.4, -0.2) is 14.6 Å². The van der Waals surface area contributed by atoms with Crippen molar-refractivity contribution in [2.24, 2.45) is 0 Å². The van der Waals surface area contributed by atoms with Gasteiger partial charge in [0.15, 0.2) is 5.65 Å². The van der Waals surface area contributed by atoms with Crippen molar-refractivity contribution < 1.29 is 4.42 Å². The molecule has 0 unspecified atom stereocenters. The molecule has 0 spiro atoms. The summed E-state index contributed by atoms with van der Waals surface area (Å²) in [4.78, 5) is 0. The fourth-order valence-corrected chi connectivity index (χ4v) is 1.79. The zero-order valence-corrected chi connectivity index (χ0v) is 8.92. The van der Waals surface area contributed by atoms with E-state index >= 15 is 0 Å². The molecule has 0 fully saturated rings. The first-order valence-corrected chi connectivity index (χ1v) is 5.16. The number of pyridine rings is 1. The van der Waals surface area contributed by atoms with Crippen LogP contribution in [0.3, 0.4) is 0 Å². The van der Waals surface area contributed by atoms with Gasteiger partial charge in [0.25, 0.3) is 0 Å². The molecule has 0 aliphatic rings.